The summed E-state index contributed by atoms with van der Waals surface area (Å²) in [5.41, 5.74) is 5.57. The van der Waals surface area contributed by atoms with Crippen molar-refractivity contribution in [3.8, 4) is 22.5 Å². The Bertz CT molecular complexity index is 1080. The molecule has 170 valence electrons. The zero-order chi connectivity index (χ0) is 23.7. The minimum atomic E-state index is -2.74. The van der Waals surface area contributed by atoms with Crippen LogP contribution in [0.5, 0.6) is 0 Å². The van der Waals surface area contributed by atoms with Crippen molar-refractivity contribution >= 4 is 5.82 Å². The van der Waals surface area contributed by atoms with Gasteiger partial charge in [0.05, 0.1) is 17.6 Å². The van der Waals surface area contributed by atoms with E-state index < -0.39 is 11.3 Å². The molecule has 3 aromatic rings. The number of halogens is 2. The molecule has 0 aliphatic heterocycles. The van der Waals surface area contributed by atoms with E-state index in [9.17, 15) is 8.78 Å². The van der Waals surface area contributed by atoms with E-state index in [0.717, 1.165) is 45.0 Å². The van der Waals surface area contributed by atoms with Gasteiger partial charge in [0, 0.05) is 37.1 Å². The second kappa shape index (κ2) is 8.97. The average Bonchev–Trinajstić information content (AvgIpc) is 2.71. The monoisotopic (exact) mass is 437 g/mol. The van der Waals surface area contributed by atoms with Gasteiger partial charge in [-0.05, 0) is 43.0 Å². The first kappa shape index (κ1) is 23.8. The molecule has 0 saturated heterocycles. The third-order valence-electron chi connectivity index (χ3n) is 5.96. The van der Waals surface area contributed by atoms with Gasteiger partial charge in [0.2, 0.25) is 0 Å². The highest BCUT2D eigenvalue weighted by Gasteiger charge is 2.42. The quantitative estimate of drug-likeness (QED) is 0.411. The zero-order valence-corrected chi connectivity index (χ0v) is 20.1. The summed E-state index contributed by atoms with van der Waals surface area (Å²) in [4.78, 5) is 11.6. The van der Waals surface area contributed by atoms with Crippen LogP contribution in [0.2, 0.25) is 0 Å². The summed E-state index contributed by atoms with van der Waals surface area (Å²) >= 11 is 0. The number of anilines is 1. The highest BCUT2D eigenvalue weighted by atomic mass is 19.3. The standard InChI is InChI=1S/C27H33F2N3/c1-18-10-8-11-19(2)23(18)25-24(30-17-22(31-25)32(6)7)21-13-9-12-20(16-21)14-15-27(28,29)26(3,4)5/h8-13,16-17H,14-15H2,1-7H3. The third-order valence-corrected chi connectivity index (χ3v) is 5.96. The normalized spacial score (nSPS) is 12.2. The first-order chi connectivity index (χ1) is 14.9. The summed E-state index contributed by atoms with van der Waals surface area (Å²) in [6, 6.07) is 13.9. The smallest absolute Gasteiger partial charge is 0.253 e. The van der Waals surface area contributed by atoms with Crippen LogP contribution in [0.3, 0.4) is 0 Å². The number of benzene rings is 2. The van der Waals surface area contributed by atoms with Crippen LogP contribution in [0.25, 0.3) is 22.5 Å². The number of aryl methyl sites for hydroxylation is 3. The first-order valence-electron chi connectivity index (χ1n) is 11.0. The number of rotatable bonds is 6. The molecule has 0 aliphatic rings. The Hall–Kier alpha value is -2.82. The van der Waals surface area contributed by atoms with E-state index in [1.54, 1.807) is 27.0 Å². The number of hydrogen-bond donors (Lipinski definition) is 0. The van der Waals surface area contributed by atoms with Gasteiger partial charge in [0.15, 0.2) is 0 Å². The molecule has 0 radical (unpaired) electrons. The molecule has 0 unspecified atom stereocenters. The van der Waals surface area contributed by atoms with E-state index in [2.05, 4.69) is 26.0 Å². The fourth-order valence-corrected chi connectivity index (χ4v) is 3.72. The van der Waals surface area contributed by atoms with Crippen LogP contribution in [-0.4, -0.2) is 30.0 Å². The van der Waals surface area contributed by atoms with Gasteiger partial charge >= 0.3 is 0 Å². The Morgan fingerprint density at radius 1 is 0.906 bits per heavy atom. The van der Waals surface area contributed by atoms with E-state index in [0.29, 0.717) is 6.42 Å². The van der Waals surface area contributed by atoms with Crippen LogP contribution >= 0.6 is 0 Å². The Kier molecular flexibility index (Phi) is 6.68. The van der Waals surface area contributed by atoms with Crippen molar-refractivity contribution in [1.29, 1.82) is 0 Å². The van der Waals surface area contributed by atoms with Crippen LogP contribution in [-0.2, 0) is 6.42 Å². The van der Waals surface area contributed by atoms with Crippen molar-refractivity contribution in [2.24, 2.45) is 5.41 Å². The van der Waals surface area contributed by atoms with Crippen molar-refractivity contribution in [2.75, 3.05) is 19.0 Å². The molecular weight excluding hydrogens is 404 g/mol. The summed E-state index contributed by atoms with van der Waals surface area (Å²) in [7, 11) is 3.88. The van der Waals surface area contributed by atoms with Gasteiger partial charge in [0.25, 0.3) is 5.92 Å². The summed E-state index contributed by atoms with van der Waals surface area (Å²) in [6.45, 7) is 8.90. The predicted molar refractivity (Wildman–Crippen MR) is 129 cm³/mol. The van der Waals surface area contributed by atoms with E-state index in [4.69, 9.17) is 9.97 Å². The fraction of sp³-hybridized carbons (Fsp3) is 0.407. The van der Waals surface area contributed by atoms with Gasteiger partial charge in [-0.15, -0.1) is 0 Å². The van der Waals surface area contributed by atoms with Gasteiger partial charge < -0.3 is 4.90 Å². The van der Waals surface area contributed by atoms with Crippen molar-refractivity contribution < 1.29 is 8.78 Å². The SMILES string of the molecule is Cc1cccc(C)c1-c1nc(N(C)C)cnc1-c1cccc(CCC(F)(F)C(C)(C)C)c1. The van der Waals surface area contributed by atoms with Crippen molar-refractivity contribution in [3.63, 3.8) is 0 Å². The lowest BCUT2D eigenvalue weighted by Gasteiger charge is -2.30. The van der Waals surface area contributed by atoms with Crippen LogP contribution in [0.1, 0.15) is 43.9 Å². The fourth-order valence-electron chi connectivity index (χ4n) is 3.72. The second-order valence-electron chi connectivity index (χ2n) is 9.74. The summed E-state index contributed by atoms with van der Waals surface area (Å²) in [5, 5.41) is 0. The van der Waals surface area contributed by atoms with Crippen molar-refractivity contribution in [2.45, 2.75) is 53.4 Å². The van der Waals surface area contributed by atoms with Crippen LogP contribution in [0.15, 0.2) is 48.7 Å². The molecule has 0 spiro atoms. The number of alkyl halides is 2. The molecule has 32 heavy (non-hydrogen) atoms. The van der Waals surface area contributed by atoms with Crippen LogP contribution < -0.4 is 4.90 Å². The molecule has 1 aromatic heterocycles. The number of aromatic nitrogens is 2. The summed E-state index contributed by atoms with van der Waals surface area (Å²) in [6.07, 6.45) is 1.88. The minimum absolute atomic E-state index is 0.186. The van der Waals surface area contributed by atoms with E-state index in [1.807, 2.05) is 49.3 Å². The van der Waals surface area contributed by atoms with Crippen molar-refractivity contribution in [1.82, 2.24) is 9.97 Å². The topological polar surface area (TPSA) is 29.0 Å². The highest BCUT2D eigenvalue weighted by Crippen LogP contribution is 2.40. The van der Waals surface area contributed by atoms with Gasteiger partial charge in [-0.3, -0.25) is 4.98 Å². The van der Waals surface area contributed by atoms with E-state index in [-0.39, 0.29) is 6.42 Å². The van der Waals surface area contributed by atoms with Crippen LogP contribution in [0.4, 0.5) is 14.6 Å². The second-order valence-corrected chi connectivity index (χ2v) is 9.74. The lowest BCUT2D eigenvalue weighted by Crippen LogP contribution is -2.34. The van der Waals surface area contributed by atoms with Gasteiger partial charge in [-0.25, -0.2) is 13.8 Å². The highest BCUT2D eigenvalue weighted by molar-refractivity contribution is 5.82. The molecule has 0 bridgehead atoms. The van der Waals surface area contributed by atoms with Crippen LogP contribution in [0, 0.1) is 19.3 Å². The molecule has 0 atom stereocenters. The van der Waals surface area contributed by atoms with E-state index >= 15 is 0 Å². The Balaban J connectivity index is 2.06. The lowest BCUT2D eigenvalue weighted by molar-refractivity contribution is -0.102. The van der Waals surface area contributed by atoms with Gasteiger partial charge in [0.1, 0.15) is 5.82 Å². The molecule has 3 nitrogen and oxygen atoms in total. The summed E-state index contributed by atoms with van der Waals surface area (Å²) in [5.74, 6) is -1.97. The maximum Gasteiger partial charge on any atom is 0.253 e. The molecule has 0 saturated carbocycles. The van der Waals surface area contributed by atoms with Gasteiger partial charge in [-0.2, -0.15) is 0 Å². The van der Waals surface area contributed by atoms with E-state index in [1.165, 1.54) is 0 Å². The molecule has 0 fully saturated rings. The maximum absolute atomic E-state index is 14.5. The predicted octanol–water partition coefficient (Wildman–Crippen LogP) is 7.11. The minimum Gasteiger partial charge on any atom is -0.361 e. The lowest BCUT2D eigenvalue weighted by atomic mass is 9.84. The number of hydrogen-bond acceptors (Lipinski definition) is 3. The first-order valence-corrected chi connectivity index (χ1v) is 11.0. The molecule has 2 aromatic carbocycles. The Morgan fingerprint density at radius 2 is 1.53 bits per heavy atom. The molecule has 3 rings (SSSR count). The third kappa shape index (κ3) is 4.98. The Labute approximate surface area is 190 Å². The molecule has 0 aliphatic carbocycles. The number of nitrogens with zero attached hydrogens (tertiary/aromatic N) is 3. The van der Waals surface area contributed by atoms with Crippen molar-refractivity contribution in [3.05, 3.63) is 65.4 Å². The molecule has 5 heteroatoms. The largest absolute Gasteiger partial charge is 0.361 e. The molecular formula is C27H33F2N3. The molecule has 0 N–H and O–H groups in total. The molecule has 1 heterocycles. The Morgan fingerprint density at radius 3 is 2.12 bits per heavy atom. The average molecular weight is 438 g/mol. The summed E-state index contributed by atoms with van der Waals surface area (Å²) < 4.78 is 29.0. The zero-order valence-electron chi connectivity index (χ0n) is 20.1. The molecule has 0 amide bonds. The van der Waals surface area contributed by atoms with Gasteiger partial charge in [-0.1, -0.05) is 57.2 Å². The maximum atomic E-state index is 14.5.